The van der Waals surface area contributed by atoms with Gasteiger partial charge in [0.05, 0.1) is 16.6 Å². The van der Waals surface area contributed by atoms with Gasteiger partial charge in [0, 0.05) is 0 Å². The molecule has 86 valence electrons. The number of aromatic nitrogens is 1. The van der Waals surface area contributed by atoms with Gasteiger partial charge in [-0.05, 0) is 24.6 Å². The van der Waals surface area contributed by atoms with Gasteiger partial charge in [0.15, 0.2) is 6.10 Å². The number of fused-ring (bicyclic) bond motifs is 1. The fourth-order valence-electron chi connectivity index (χ4n) is 1.87. The lowest BCUT2D eigenvalue weighted by atomic mass is 10.1. The zero-order valence-corrected chi connectivity index (χ0v) is 10.2. The summed E-state index contributed by atoms with van der Waals surface area (Å²) in [7, 11) is 0. The summed E-state index contributed by atoms with van der Waals surface area (Å²) in [6, 6.07) is 7.94. The Labute approximate surface area is 103 Å². The Kier molecular flexibility index (Phi) is 2.44. The van der Waals surface area contributed by atoms with E-state index in [1.807, 2.05) is 37.3 Å². The number of hydrogen-bond acceptors (Lipinski definition) is 4. The lowest BCUT2D eigenvalue weighted by molar-refractivity contribution is -0.147. The van der Waals surface area contributed by atoms with E-state index in [4.69, 9.17) is 4.74 Å². The highest BCUT2D eigenvalue weighted by Gasteiger charge is 2.25. The Morgan fingerprint density at radius 2 is 2.24 bits per heavy atom. The van der Waals surface area contributed by atoms with E-state index in [1.54, 1.807) is 11.3 Å². The van der Waals surface area contributed by atoms with Crippen molar-refractivity contribution in [1.29, 1.82) is 0 Å². The molecule has 3 rings (SSSR count). The van der Waals surface area contributed by atoms with Crippen LogP contribution in [0.15, 0.2) is 35.9 Å². The molecule has 1 atom stereocenters. The molecule has 1 aliphatic rings. The van der Waals surface area contributed by atoms with Crippen molar-refractivity contribution in [3.8, 4) is 0 Å². The van der Waals surface area contributed by atoms with E-state index in [0.717, 1.165) is 20.8 Å². The number of esters is 1. The molecule has 1 aromatic heterocycles. The summed E-state index contributed by atoms with van der Waals surface area (Å²) in [5.41, 5.74) is 2.02. The summed E-state index contributed by atoms with van der Waals surface area (Å²) < 4.78 is 6.48. The topological polar surface area (TPSA) is 39.2 Å². The molecule has 1 aliphatic heterocycles. The zero-order chi connectivity index (χ0) is 11.8. The number of rotatable bonds is 1. The molecule has 0 saturated carbocycles. The minimum absolute atomic E-state index is 0.181. The van der Waals surface area contributed by atoms with Gasteiger partial charge in [-0.3, -0.25) is 4.79 Å². The Hall–Kier alpha value is -1.68. The van der Waals surface area contributed by atoms with Gasteiger partial charge >= 0.3 is 5.97 Å². The van der Waals surface area contributed by atoms with Crippen LogP contribution in [0.5, 0.6) is 0 Å². The molecule has 2 heterocycles. The van der Waals surface area contributed by atoms with Crippen LogP contribution in [0.4, 0.5) is 0 Å². The third-order valence-corrected chi connectivity index (χ3v) is 3.87. The second-order valence-electron chi connectivity index (χ2n) is 4.04. The molecule has 3 nitrogen and oxygen atoms in total. The van der Waals surface area contributed by atoms with E-state index in [-0.39, 0.29) is 12.1 Å². The number of hydrogen-bond donors (Lipinski definition) is 0. The Balaban J connectivity index is 2.06. The third kappa shape index (κ3) is 1.85. The van der Waals surface area contributed by atoms with Gasteiger partial charge in [-0.1, -0.05) is 18.2 Å². The average Bonchev–Trinajstić information content (AvgIpc) is 2.75. The quantitative estimate of drug-likeness (QED) is 0.572. The van der Waals surface area contributed by atoms with Crippen LogP contribution in [0, 0.1) is 0 Å². The molecule has 0 radical (unpaired) electrons. The number of carbonyl (C=O) groups is 1. The second kappa shape index (κ2) is 3.96. The van der Waals surface area contributed by atoms with Crippen molar-refractivity contribution in [2.45, 2.75) is 19.4 Å². The molecule has 0 amide bonds. The van der Waals surface area contributed by atoms with Crippen molar-refractivity contribution in [3.05, 3.63) is 40.9 Å². The van der Waals surface area contributed by atoms with Crippen molar-refractivity contribution in [2.75, 3.05) is 0 Å². The monoisotopic (exact) mass is 245 g/mol. The number of cyclic esters (lactones) is 1. The third-order valence-electron chi connectivity index (χ3n) is 2.79. The largest absolute Gasteiger partial charge is 0.450 e. The molecule has 4 heteroatoms. The summed E-state index contributed by atoms with van der Waals surface area (Å²) in [6.45, 7) is 1.98. The van der Waals surface area contributed by atoms with Gasteiger partial charge in [-0.2, -0.15) is 0 Å². The molecule has 2 aromatic rings. The molecular formula is C13H11NO2S. The van der Waals surface area contributed by atoms with E-state index in [2.05, 4.69) is 4.98 Å². The SMILES string of the molecule is CC1=CCC(=O)OC1c1nc2ccccc2s1. The first kappa shape index (κ1) is 10.5. The highest BCUT2D eigenvalue weighted by Crippen LogP contribution is 2.34. The van der Waals surface area contributed by atoms with Crippen LogP contribution >= 0.6 is 11.3 Å². The Morgan fingerprint density at radius 1 is 1.41 bits per heavy atom. The van der Waals surface area contributed by atoms with Crippen LogP contribution in [0.2, 0.25) is 0 Å². The fourth-order valence-corrected chi connectivity index (χ4v) is 2.95. The maximum absolute atomic E-state index is 11.3. The number of carbonyl (C=O) groups excluding carboxylic acids is 1. The zero-order valence-electron chi connectivity index (χ0n) is 9.34. The normalized spacial score (nSPS) is 20.2. The van der Waals surface area contributed by atoms with E-state index in [0.29, 0.717) is 6.42 Å². The molecule has 0 N–H and O–H groups in total. The molecule has 0 spiro atoms. The van der Waals surface area contributed by atoms with E-state index in [9.17, 15) is 4.79 Å². The standard InChI is InChI=1S/C13H11NO2S/c1-8-6-7-11(15)16-12(8)13-14-9-4-2-3-5-10(9)17-13/h2-6,12H,7H2,1H3. The number of ether oxygens (including phenoxy) is 1. The minimum atomic E-state index is -0.298. The predicted molar refractivity (Wildman–Crippen MR) is 66.8 cm³/mol. The van der Waals surface area contributed by atoms with E-state index in [1.165, 1.54) is 0 Å². The first-order chi connectivity index (χ1) is 8.24. The summed E-state index contributed by atoms with van der Waals surface area (Å²) in [5, 5.41) is 0.855. The van der Waals surface area contributed by atoms with Crippen LogP contribution in [0.25, 0.3) is 10.2 Å². The molecule has 0 fully saturated rings. The predicted octanol–water partition coefficient (Wildman–Crippen LogP) is 3.23. The van der Waals surface area contributed by atoms with Crippen molar-refractivity contribution < 1.29 is 9.53 Å². The maximum Gasteiger partial charge on any atom is 0.310 e. The van der Waals surface area contributed by atoms with Crippen molar-refractivity contribution in [2.24, 2.45) is 0 Å². The first-order valence-electron chi connectivity index (χ1n) is 5.45. The van der Waals surface area contributed by atoms with Crippen LogP contribution < -0.4 is 0 Å². The molecular weight excluding hydrogens is 234 g/mol. The highest BCUT2D eigenvalue weighted by atomic mass is 32.1. The fraction of sp³-hybridized carbons (Fsp3) is 0.231. The number of thiazole rings is 1. The first-order valence-corrected chi connectivity index (χ1v) is 6.27. The smallest absolute Gasteiger partial charge is 0.310 e. The summed E-state index contributed by atoms with van der Waals surface area (Å²) in [5.74, 6) is -0.181. The van der Waals surface area contributed by atoms with Gasteiger partial charge in [0.25, 0.3) is 0 Å². The molecule has 0 bridgehead atoms. The Bertz CT molecular complexity index is 582. The molecule has 0 aliphatic carbocycles. The lowest BCUT2D eigenvalue weighted by Crippen LogP contribution is -2.16. The summed E-state index contributed by atoms with van der Waals surface area (Å²) in [4.78, 5) is 15.8. The van der Waals surface area contributed by atoms with E-state index >= 15 is 0 Å². The summed E-state index contributed by atoms with van der Waals surface area (Å²) >= 11 is 1.58. The van der Waals surface area contributed by atoms with Crippen LogP contribution in [-0.4, -0.2) is 11.0 Å². The van der Waals surface area contributed by atoms with Crippen molar-refractivity contribution in [3.63, 3.8) is 0 Å². The molecule has 1 unspecified atom stereocenters. The van der Waals surface area contributed by atoms with Crippen LogP contribution in [0.1, 0.15) is 24.5 Å². The van der Waals surface area contributed by atoms with Crippen LogP contribution in [-0.2, 0) is 9.53 Å². The van der Waals surface area contributed by atoms with Gasteiger partial charge in [0.2, 0.25) is 0 Å². The van der Waals surface area contributed by atoms with Gasteiger partial charge in [0.1, 0.15) is 5.01 Å². The van der Waals surface area contributed by atoms with E-state index < -0.39 is 0 Å². The average molecular weight is 245 g/mol. The van der Waals surface area contributed by atoms with Gasteiger partial charge in [-0.15, -0.1) is 11.3 Å². The number of benzene rings is 1. The minimum Gasteiger partial charge on any atom is -0.450 e. The lowest BCUT2D eigenvalue weighted by Gasteiger charge is -2.19. The number of nitrogens with zero attached hydrogens (tertiary/aromatic N) is 1. The van der Waals surface area contributed by atoms with Gasteiger partial charge in [-0.25, -0.2) is 4.98 Å². The Morgan fingerprint density at radius 3 is 3.06 bits per heavy atom. The molecule has 0 saturated heterocycles. The highest BCUT2D eigenvalue weighted by molar-refractivity contribution is 7.18. The second-order valence-corrected chi connectivity index (χ2v) is 5.10. The van der Waals surface area contributed by atoms with Gasteiger partial charge < -0.3 is 4.74 Å². The summed E-state index contributed by atoms with van der Waals surface area (Å²) in [6.07, 6.45) is 1.99. The van der Waals surface area contributed by atoms with Crippen LogP contribution in [0.3, 0.4) is 0 Å². The van der Waals surface area contributed by atoms with Crippen molar-refractivity contribution in [1.82, 2.24) is 4.98 Å². The molecule has 17 heavy (non-hydrogen) atoms. The maximum atomic E-state index is 11.3. The van der Waals surface area contributed by atoms with Crippen molar-refractivity contribution >= 4 is 27.5 Å². The number of para-hydroxylation sites is 1. The molecule has 1 aromatic carbocycles.